The number of carbonyl (C=O) groups excluding carboxylic acids is 1. The van der Waals surface area contributed by atoms with Crippen molar-refractivity contribution < 1.29 is 14.3 Å². The molecule has 0 aliphatic heterocycles. The van der Waals surface area contributed by atoms with Crippen molar-refractivity contribution in [2.24, 2.45) is 0 Å². The second kappa shape index (κ2) is 6.17. The van der Waals surface area contributed by atoms with Gasteiger partial charge < -0.3 is 14.4 Å². The lowest BCUT2D eigenvalue weighted by atomic mass is 10.2. The first kappa shape index (κ1) is 14.0. The van der Waals surface area contributed by atoms with Gasteiger partial charge in [-0.2, -0.15) is 0 Å². The lowest BCUT2D eigenvalue weighted by molar-refractivity contribution is -0.162. The summed E-state index contributed by atoms with van der Waals surface area (Å²) in [5, 5.41) is 0. The van der Waals surface area contributed by atoms with E-state index in [1.54, 1.807) is 0 Å². The van der Waals surface area contributed by atoms with Crippen molar-refractivity contribution >= 4 is 5.97 Å². The number of carbonyl (C=O) groups is 1. The Bertz CT molecular complexity index is 413. The average Bonchev–Trinajstić information content (AvgIpc) is 3.18. The third-order valence-electron chi connectivity index (χ3n) is 3.21. The summed E-state index contributed by atoms with van der Waals surface area (Å²) < 4.78 is 11.0. The Hall–Kier alpha value is -1.39. The lowest BCUT2D eigenvalue weighted by Gasteiger charge is -2.17. The van der Waals surface area contributed by atoms with Crippen LogP contribution in [-0.2, 0) is 20.9 Å². The fourth-order valence-corrected chi connectivity index (χ4v) is 1.80. The van der Waals surface area contributed by atoms with Crippen LogP contribution in [0.1, 0.15) is 18.4 Å². The molecule has 19 heavy (non-hydrogen) atoms. The number of nitrogens with zero attached hydrogens (tertiary/aromatic N) is 1. The topological polar surface area (TPSA) is 38.8 Å². The van der Waals surface area contributed by atoms with E-state index in [1.165, 1.54) is 0 Å². The highest BCUT2D eigenvalue weighted by atomic mass is 16.6. The molecule has 0 heterocycles. The van der Waals surface area contributed by atoms with E-state index in [0.717, 1.165) is 24.9 Å². The molecule has 0 unspecified atom stereocenters. The largest absolute Gasteiger partial charge is 0.459 e. The van der Waals surface area contributed by atoms with Gasteiger partial charge in [0.2, 0.25) is 0 Å². The molecule has 104 valence electrons. The van der Waals surface area contributed by atoms with E-state index < -0.39 is 5.60 Å². The fourth-order valence-electron chi connectivity index (χ4n) is 1.80. The number of hydrogen-bond donors (Lipinski definition) is 0. The van der Waals surface area contributed by atoms with Crippen LogP contribution in [0.4, 0.5) is 0 Å². The van der Waals surface area contributed by atoms with E-state index in [1.807, 2.05) is 49.3 Å². The Morgan fingerprint density at radius 3 is 2.53 bits per heavy atom. The van der Waals surface area contributed by atoms with Gasteiger partial charge in [0.05, 0.1) is 6.61 Å². The van der Waals surface area contributed by atoms with E-state index in [2.05, 4.69) is 0 Å². The summed E-state index contributed by atoms with van der Waals surface area (Å²) in [7, 11) is 3.97. The molecule has 1 aliphatic carbocycles. The van der Waals surface area contributed by atoms with E-state index in [-0.39, 0.29) is 5.97 Å². The van der Waals surface area contributed by atoms with Crippen LogP contribution >= 0.6 is 0 Å². The Morgan fingerprint density at radius 2 is 1.95 bits per heavy atom. The number of hydrogen-bond acceptors (Lipinski definition) is 4. The molecule has 1 aromatic rings. The molecule has 0 bridgehead atoms. The second-order valence-electron chi connectivity index (χ2n) is 5.21. The van der Waals surface area contributed by atoms with Crippen molar-refractivity contribution in [3.05, 3.63) is 35.9 Å². The van der Waals surface area contributed by atoms with Gasteiger partial charge in [-0.25, -0.2) is 4.79 Å². The van der Waals surface area contributed by atoms with E-state index in [9.17, 15) is 4.79 Å². The molecule has 0 amide bonds. The first-order chi connectivity index (χ1) is 9.12. The van der Waals surface area contributed by atoms with E-state index >= 15 is 0 Å². The summed E-state index contributed by atoms with van der Waals surface area (Å²) in [5.74, 6) is -0.227. The average molecular weight is 263 g/mol. The smallest absolute Gasteiger partial charge is 0.338 e. The van der Waals surface area contributed by atoms with Gasteiger partial charge in [-0.05, 0) is 32.5 Å². The first-order valence-electron chi connectivity index (χ1n) is 6.62. The normalized spacial score (nSPS) is 16.4. The van der Waals surface area contributed by atoms with Crippen molar-refractivity contribution in [2.45, 2.75) is 25.0 Å². The molecule has 1 aromatic carbocycles. The van der Waals surface area contributed by atoms with Crippen molar-refractivity contribution in [2.75, 3.05) is 27.2 Å². The summed E-state index contributed by atoms with van der Waals surface area (Å²) in [6.45, 7) is 1.69. The van der Waals surface area contributed by atoms with Gasteiger partial charge in [0.15, 0.2) is 5.60 Å². The van der Waals surface area contributed by atoms with E-state index in [4.69, 9.17) is 9.47 Å². The number of benzene rings is 1. The molecular formula is C15H21NO3. The molecule has 1 saturated carbocycles. The SMILES string of the molecule is CN(C)CCOC1(C(=O)OCc2ccccc2)CC1. The van der Waals surface area contributed by atoms with Crippen LogP contribution < -0.4 is 0 Å². The highest BCUT2D eigenvalue weighted by Crippen LogP contribution is 2.40. The Morgan fingerprint density at radius 1 is 1.26 bits per heavy atom. The number of rotatable bonds is 7. The summed E-state index contributed by atoms with van der Waals surface area (Å²) in [4.78, 5) is 14.0. The lowest BCUT2D eigenvalue weighted by Crippen LogP contribution is -2.31. The molecule has 0 spiro atoms. The van der Waals surface area contributed by atoms with Gasteiger partial charge in [-0.1, -0.05) is 30.3 Å². The maximum Gasteiger partial charge on any atom is 0.338 e. The molecule has 4 heteroatoms. The second-order valence-corrected chi connectivity index (χ2v) is 5.21. The van der Waals surface area contributed by atoms with Gasteiger partial charge in [0.1, 0.15) is 6.61 Å². The van der Waals surface area contributed by atoms with Crippen molar-refractivity contribution in [3.63, 3.8) is 0 Å². The van der Waals surface area contributed by atoms with Crippen molar-refractivity contribution in [1.29, 1.82) is 0 Å². The highest BCUT2D eigenvalue weighted by Gasteiger charge is 2.53. The molecule has 4 nitrogen and oxygen atoms in total. The van der Waals surface area contributed by atoms with Crippen LogP contribution in [0, 0.1) is 0 Å². The zero-order chi connectivity index (χ0) is 13.7. The maximum absolute atomic E-state index is 12.0. The summed E-state index contributed by atoms with van der Waals surface area (Å²) in [5.41, 5.74) is 0.338. The number of ether oxygens (including phenoxy) is 2. The molecule has 0 saturated heterocycles. The maximum atomic E-state index is 12.0. The summed E-state index contributed by atoms with van der Waals surface area (Å²) >= 11 is 0. The standard InChI is InChI=1S/C15H21NO3/c1-16(2)10-11-19-15(8-9-15)14(17)18-12-13-6-4-3-5-7-13/h3-7H,8-12H2,1-2H3. The third-order valence-corrected chi connectivity index (χ3v) is 3.21. The molecule has 2 rings (SSSR count). The summed E-state index contributed by atoms with van der Waals surface area (Å²) in [6.07, 6.45) is 1.54. The van der Waals surface area contributed by atoms with Crippen LogP contribution in [0.2, 0.25) is 0 Å². The molecule has 0 N–H and O–H groups in total. The van der Waals surface area contributed by atoms with Crippen LogP contribution in [0.25, 0.3) is 0 Å². The number of likely N-dealkylation sites (N-methyl/N-ethyl adjacent to an activating group) is 1. The molecule has 1 fully saturated rings. The number of esters is 1. The predicted octanol–water partition coefficient (Wildman–Crippen LogP) is 1.84. The quantitative estimate of drug-likeness (QED) is 0.704. The van der Waals surface area contributed by atoms with Crippen LogP contribution in [-0.4, -0.2) is 43.7 Å². The Kier molecular flexibility index (Phi) is 4.56. The van der Waals surface area contributed by atoms with Crippen molar-refractivity contribution in [3.8, 4) is 0 Å². The van der Waals surface area contributed by atoms with Crippen molar-refractivity contribution in [1.82, 2.24) is 4.90 Å². The van der Waals surface area contributed by atoms with Gasteiger partial charge in [0.25, 0.3) is 0 Å². The van der Waals surface area contributed by atoms with E-state index in [0.29, 0.717) is 13.2 Å². The zero-order valence-corrected chi connectivity index (χ0v) is 11.6. The molecule has 0 atom stereocenters. The predicted molar refractivity (Wildman–Crippen MR) is 72.7 cm³/mol. The first-order valence-corrected chi connectivity index (χ1v) is 6.62. The highest BCUT2D eigenvalue weighted by molar-refractivity contribution is 5.82. The zero-order valence-electron chi connectivity index (χ0n) is 11.6. The Balaban J connectivity index is 1.76. The minimum atomic E-state index is -0.662. The van der Waals surface area contributed by atoms with Crippen LogP contribution in [0.15, 0.2) is 30.3 Å². The van der Waals surface area contributed by atoms with Gasteiger partial charge in [0, 0.05) is 6.54 Å². The minimum absolute atomic E-state index is 0.227. The molecule has 0 aromatic heterocycles. The summed E-state index contributed by atoms with van der Waals surface area (Å²) in [6, 6.07) is 9.70. The van der Waals surface area contributed by atoms with Crippen LogP contribution in [0.3, 0.4) is 0 Å². The Labute approximate surface area is 114 Å². The fraction of sp³-hybridized carbons (Fsp3) is 0.533. The van der Waals surface area contributed by atoms with Gasteiger partial charge in [-0.15, -0.1) is 0 Å². The monoisotopic (exact) mass is 263 g/mol. The third kappa shape index (κ3) is 4.04. The van der Waals surface area contributed by atoms with Gasteiger partial charge >= 0.3 is 5.97 Å². The van der Waals surface area contributed by atoms with Gasteiger partial charge in [-0.3, -0.25) is 0 Å². The molecule has 1 aliphatic rings. The minimum Gasteiger partial charge on any atom is -0.459 e. The van der Waals surface area contributed by atoms with Crippen LogP contribution in [0.5, 0.6) is 0 Å². The molecular weight excluding hydrogens is 242 g/mol. The molecule has 0 radical (unpaired) electrons.